The smallest absolute Gasteiger partial charge is 0.342 e. The topological polar surface area (TPSA) is 151 Å². The maximum atomic E-state index is 12.0. The summed E-state index contributed by atoms with van der Waals surface area (Å²) in [5.74, 6) is -3.39. The van der Waals surface area contributed by atoms with Crippen LogP contribution in [0.25, 0.3) is 22.2 Å². The standard InChI is InChI=1S/C15H12N4O5/c1-19-5-17-7-3-2-6(4-8(7)19)9-10(14(21)22)12(16)18-13(20)11(9)15(23)24/h2-5H,1H3,(H,21,22)(H,23,24)(H3,16,18,20). The average Bonchev–Trinajstić information content (AvgIpc) is 2.86. The van der Waals surface area contributed by atoms with Crippen LogP contribution in [0, 0.1) is 0 Å². The molecule has 0 spiro atoms. The van der Waals surface area contributed by atoms with Crippen LogP contribution in [0.15, 0.2) is 29.3 Å². The highest BCUT2D eigenvalue weighted by Crippen LogP contribution is 2.31. The van der Waals surface area contributed by atoms with Crippen molar-refractivity contribution in [3.63, 3.8) is 0 Å². The van der Waals surface area contributed by atoms with E-state index in [9.17, 15) is 24.6 Å². The van der Waals surface area contributed by atoms with Gasteiger partial charge in [0.05, 0.1) is 17.4 Å². The Labute approximate surface area is 134 Å². The van der Waals surface area contributed by atoms with Gasteiger partial charge in [-0.1, -0.05) is 6.07 Å². The lowest BCUT2D eigenvalue weighted by atomic mass is 9.95. The van der Waals surface area contributed by atoms with Crippen molar-refractivity contribution in [2.24, 2.45) is 7.05 Å². The molecule has 0 amide bonds. The molecule has 9 heteroatoms. The number of nitrogens with two attached hydrogens (primary N) is 1. The predicted octanol–water partition coefficient (Wildman–Crippen LogP) is 0.907. The normalized spacial score (nSPS) is 10.9. The van der Waals surface area contributed by atoms with Crippen LogP contribution in [0.4, 0.5) is 5.82 Å². The van der Waals surface area contributed by atoms with Gasteiger partial charge in [-0.2, -0.15) is 0 Å². The van der Waals surface area contributed by atoms with Crippen LogP contribution in [0.2, 0.25) is 0 Å². The molecule has 0 aliphatic rings. The second kappa shape index (κ2) is 5.23. The molecule has 24 heavy (non-hydrogen) atoms. The molecule has 2 aromatic heterocycles. The van der Waals surface area contributed by atoms with E-state index in [-0.39, 0.29) is 11.1 Å². The molecule has 2 heterocycles. The molecule has 122 valence electrons. The van der Waals surface area contributed by atoms with E-state index >= 15 is 0 Å². The molecule has 0 fully saturated rings. The third-order valence-corrected chi connectivity index (χ3v) is 3.69. The van der Waals surface area contributed by atoms with Crippen molar-refractivity contribution in [2.75, 3.05) is 5.73 Å². The highest BCUT2D eigenvalue weighted by atomic mass is 16.4. The fourth-order valence-electron chi connectivity index (χ4n) is 2.62. The number of aromatic carboxylic acids is 2. The number of aromatic amines is 1. The predicted molar refractivity (Wildman–Crippen MR) is 85.1 cm³/mol. The third kappa shape index (κ3) is 2.19. The van der Waals surface area contributed by atoms with Crippen LogP contribution < -0.4 is 11.3 Å². The molecular weight excluding hydrogens is 316 g/mol. The van der Waals surface area contributed by atoms with Crippen LogP contribution in [0.5, 0.6) is 0 Å². The first-order valence-corrected chi connectivity index (χ1v) is 6.75. The van der Waals surface area contributed by atoms with Gasteiger partial charge in [0.15, 0.2) is 0 Å². The van der Waals surface area contributed by atoms with Gasteiger partial charge < -0.3 is 25.5 Å². The number of aryl methyl sites for hydroxylation is 1. The minimum absolute atomic E-state index is 0.237. The lowest BCUT2D eigenvalue weighted by molar-refractivity contribution is 0.0695. The van der Waals surface area contributed by atoms with Crippen molar-refractivity contribution in [3.05, 3.63) is 46.0 Å². The third-order valence-electron chi connectivity index (χ3n) is 3.69. The van der Waals surface area contributed by atoms with Gasteiger partial charge in [-0.15, -0.1) is 0 Å². The molecule has 0 saturated carbocycles. The maximum Gasteiger partial charge on any atom is 0.342 e. The number of hydrogen-bond donors (Lipinski definition) is 4. The van der Waals surface area contributed by atoms with Crippen LogP contribution >= 0.6 is 0 Å². The number of imidazole rings is 1. The first-order valence-electron chi connectivity index (χ1n) is 6.75. The maximum absolute atomic E-state index is 12.0. The summed E-state index contributed by atoms with van der Waals surface area (Å²) < 4.78 is 1.69. The minimum Gasteiger partial charge on any atom is -0.478 e. The van der Waals surface area contributed by atoms with Gasteiger partial charge in [0.25, 0.3) is 5.56 Å². The molecule has 0 radical (unpaired) electrons. The zero-order chi connectivity index (χ0) is 17.6. The first kappa shape index (κ1) is 15.3. The Balaban J connectivity index is 2.47. The first-order chi connectivity index (χ1) is 11.3. The number of anilines is 1. The summed E-state index contributed by atoms with van der Waals surface area (Å²) in [7, 11) is 1.74. The number of carboxylic acid groups (broad SMARTS) is 2. The molecule has 0 bridgehead atoms. The fourth-order valence-corrected chi connectivity index (χ4v) is 2.62. The summed E-state index contributed by atoms with van der Waals surface area (Å²) in [6.45, 7) is 0. The summed E-state index contributed by atoms with van der Waals surface area (Å²) in [5, 5.41) is 18.8. The highest BCUT2D eigenvalue weighted by Gasteiger charge is 2.26. The zero-order valence-corrected chi connectivity index (χ0v) is 12.4. The fraction of sp³-hybridized carbons (Fsp3) is 0.0667. The Morgan fingerprint density at radius 2 is 1.88 bits per heavy atom. The van der Waals surface area contributed by atoms with Crippen molar-refractivity contribution >= 4 is 28.8 Å². The van der Waals surface area contributed by atoms with E-state index in [0.717, 1.165) is 0 Å². The summed E-state index contributed by atoms with van der Waals surface area (Å²) in [5.41, 5.74) is 4.81. The molecular formula is C15H12N4O5. The summed E-state index contributed by atoms with van der Waals surface area (Å²) in [6, 6.07) is 4.68. The number of rotatable bonds is 3. The van der Waals surface area contributed by atoms with Crippen molar-refractivity contribution in [1.29, 1.82) is 0 Å². The van der Waals surface area contributed by atoms with E-state index in [0.29, 0.717) is 11.0 Å². The molecule has 0 aliphatic heterocycles. The van der Waals surface area contributed by atoms with Gasteiger partial charge in [0.1, 0.15) is 16.9 Å². The second-order valence-corrected chi connectivity index (χ2v) is 5.16. The van der Waals surface area contributed by atoms with E-state index in [4.69, 9.17) is 5.73 Å². The molecule has 0 aliphatic carbocycles. The molecule has 0 saturated heterocycles. The molecule has 5 N–H and O–H groups in total. The lowest BCUT2D eigenvalue weighted by Gasteiger charge is -2.12. The van der Waals surface area contributed by atoms with Crippen LogP contribution in [0.1, 0.15) is 20.7 Å². The quantitative estimate of drug-likeness (QED) is 0.557. The van der Waals surface area contributed by atoms with Crippen molar-refractivity contribution in [3.8, 4) is 11.1 Å². The van der Waals surface area contributed by atoms with E-state index in [1.54, 1.807) is 30.1 Å². The van der Waals surface area contributed by atoms with E-state index < -0.39 is 34.4 Å². The number of hydrogen-bond acceptors (Lipinski definition) is 5. The van der Waals surface area contributed by atoms with Gasteiger partial charge in [0.2, 0.25) is 0 Å². The molecule has 0 unspecified atom stereocenters. The zero-order valence-electron chi connectivity index (χ0n) is 12.4. The number of nitrogen functional groups attached to an aromatic ring is 1. The van der Waals surface area contributed by atoms with Crippen LogP contribution in [-0.2, 0) is 7.05 Å². The number of carbonyl (C=O) groups is 2. The van der Waals surface area contributed by atoms with Gasteiger partial charge in [0, 0.05) is 12.6 Å². The Bertz CT molecular complexity index is 1060. The largest absolute Gasteiger partial charge is 0.478 e. The Kier molecular flexibility index (Phi) is 3.33. The summed E-state index contributed by atoms with van der Waals surface area (Å²) in [6.07, 6.45) is 1.57. The number of nitrogens with zero attached hydrogens (tertiary/aromatic N) is 2. The van der Waals surface area contributed by atoms with E-state index in [1.807, 2.05) is 0 Å². The summed E-state index contributed by atoms with van der Waals surface area (Å²) in [4.78, 5) is 41.3. The van der Waals surface area contributed by atoms with Gasteiger partial charge in [-0.3, -0.25) is 4.79 Å². The van der Waals surface area contributed by atoms with Gasteiger partial charge in [-0.05, 0) is 17.7 Å². The Morgan fingerprint density at radius 3 is 2.50 bits per heavy atom. The van der Waals surface area contributed by atoms with Gasteiger partial charge >= 0.3 is 11.9 Å². The van der Waals surface area contributed by atoms with E-state index in [1.165, 1.54) is 6.07 Å². The SMILES string of the molecule is Cn1cnc2ccc(-c3c(C(=O)O)c(N)[nH]c(=O)c3C(=O)O)cc21. The molecule has 3 rings (SSSR count). The average molecular weight is 328 g/mol. The Hall–Kier alpha value is -3.62. The molecule has 9 nitrogen and oxygen atoms in total. The number of benzene rings is 1. The highest BCUT2D eigenvalue weighted by molar-refractivity contribution is 6.07. The molecule has 1 aromatic carbocycles. The van der Waals surface area contributed by atoms with Crippen molar-refractivity contribution in [2.45, 2.75) is 0 Å². The minimum atomic E-state index is -1.54. The number of fused-ring (bicyclic) bond motifs is 1. The monoisotopic (exact) mass is 328 g/mol. The van der Waals surface area contributed by atoms with Crippen molar-refractivity contribution < 1.29 is 19.8 Å². The lowest BCUT2D eigenvalue weighted by Crippen LogP contribution is -2.24. The van der Waals surface area contributed by atoms with Crippen LogP contribution in [0.3, 0.4) is 0 Å². The van der Waals surface area contributed by atoms with Crippen LogP contribution in [-0.4, -0.2) is 36.7 Å². The molecule has 3 aromatic rings. The van der Waals surface area contributed by atoms with E-state index in [2.05, 4.69) is 9.97 Å². The molecule has 0 atom stereocenters. The number of H-pyrrole nitrogens is 1. The second-order valence-electron chi connectivity index (χ2n) is 5.16. The number of pyridine rings is 1. The number of nitrogens with one attached hydrogen (secondary N) is 1. The van der Waals surface area contributed by atoms with Gasteiger partial charge in [-0.25, -0.2) is 14.6 Å². The summed E-state index contributed by atoms with van der Waals surface area (Å²) >= 11 is 0. The Morgan fingerprint density at radius 1 is 1.21 bits per heavy atom. The van der Waals surface area contributed by atoms with Crippen molar-refractivity contribution in [1.82, 2.24) is 14.5 Å². The number of carboxylic acids is 2. The number of aromatic nitrogens is 3.